The van der Waals surface area contributed by atoms with E-state index in [-0.39, 0.29) is 11.8 Å². The molecule has 5 nitrogen and oxygen atoms in total. The zero-order chi connectivity index (χ0) is 21.6. The number of aryl methyl sites for hydroxylation is 1. The van der Waals surface area contributed by atoms with Crippen LogP contribution in [-0.2, 0) is 11.2 Å². The fourth-order valence-electron chi connectivity index (χ4n) is 4.46. The molecule has 0 aliphatic carbocycles. The fourth-order valence-corrected chi connectivity index (χ4v) is 4.46. The lowest BCUT2D eigenvalue weighted by atomic mass is 9.98. The van der Waals surface area contributed by atoms with E-state index in [1.807, 2.05) is 46.2 Å². The lowest BCUT2D eigenvalue weighted by molar-refractivity contribution is -0.132. The van der Waals surface area contributed by atoms with Crippen LogP contribution in [0.15, 0.2) is 48.5 Å². The second kappa shape index (κ2) is 9.99. The van der Waals surface area contributed by atoms with E-state index < -0.39 is 0 Å². The molecule has 0 radical (unpaired) electrons. The quantitative estimate of drug-likeness (QED) is 0.707. The Morgan fingerprint density at radius 1 is 0.968 bits per heavy atom. The molecular weight excluding hydrogens is 388 g/mol. The first kappa shape index (κ1) is 21.4. The van der Waals surface area contributed by atoms with E-state index in [0.717, 1.165) is 63.2 Å². The molecule has 2 amide bonds. The van der Waals surface area contributed by atoms with Crippen LogP contribution >= 0.6 is 0 Å². The second-order valence-corrected chi connectivity index (χ2v) is 8.85. The van der Waals surface area contributed by atoms with Gasteiger partial charge in [0.15, 0.2) is 0 Å². The van der Waals surface area contributed by atoms with Crippen molar-refractivity contribution < 1.29 is 14.3 Å². The van der Waals surface area contributed by atoms with E-state index in [1.165, 1.54) is 5.56 Å². The van der Waals surface area contributed by atoms with Gasteiger partial charge in [0.05, 0.1) is 13.0 Å². The Kier molecular flexibility index (Phi) is 6.90. The Morgan fingerprint density at radius 2 is 1.71 bits per heavy atom. The number of ether oxygens (including phenoxy) is 1. The van der Waals surface area contributed by atoms with Crippen LogP contribution in [0.3, 0.4) is 0 Å². The number of rotatable bonds is 6. The molecule has 2 aliphatic rings. The van der Waals surface area contributed by atoms with Gasteiger partial charge in [-0.15, -0.1) is 0 Å². The fraction of sp³-hybridized carbons (Fsp3) is 0.462. The number of likely N-dealkylation sites (tertiary alicyclic amines) is 2. The van der Waals surface area contributed by atoms with E-state index in [4.69, 9.17) is 4.74 Å². The first-order valence-corrected chi connectivity index (χ1v) is 11.4. The number of hydrogen-bond donors (Lipinski definition) is 0. The third kappa shape index (κ3) is 5.66. The first-order valence-electron chi connectivity index (χ1n) is 11.4. The zero-order valence-electron chi connectivity index (χ0n) is 18.4. The summed E-state index contributed by atoms with van der Waals surface area (Å²) in [5.74, 6) is 1.32. The molecule has 0 aromatic heterocycles. The molecule has 31 heavy (non-hydrogen) atoms. The van der Waals surface area contributed by atoms with E-state index in [0.29, 0.717) is 24.5 Å². The Morgan fingerprint density at radius 3 is 2.48 bits per heavy atom. The Bertz CT molecular complexity index is 903. The molecule has 0 bridgehead atoms. The molecule has 2 aliphatic heterocycles. The van der Waals surface area contributed by atoms with E-state index in [9.17, 15) is 9.59 Å². The largest absolute Gasteiger partial charge is 0.493 e. The molecule has 4 rings (SSSR count). The van der Waals surface area contributed by atoms with E-state index in [2.05, 4.69) is 19.1 Å². The molecule has 2 heterocycles. The van der Waals surface area contributed by atoms with Gasteiger partial charge in [0.25, 0.3) is 5.91 Å². The van der Waals surface area contributed by atoms with Crippen LogP contribution < -0.4 is 4.74 Å². The Hall–Kier alpha value is -2.82. The summed E-state index contributed by atoms with van der Waals surface area (Å²) in [4.78, 5) is 29.3. The van der Waals surface area contributed by atoms with Gasteiger partial charge in [-0.1, -0.05) is 35.9 Å². The zero-order valence-corrected chi connectivity index (χ0v) is 18.4. The number of nitrogens with zero attached hydrogens (tertiary/aromatic N) is 2. The molecule has 2 fully saturated rings. The van der Waals surface area contributed by atoms with Gasteiger partial charge >= 0.3 is 0 Å². The molecule has 0 spiro atoms. The van der Waals surface area contributed by atoms with E-state index >= 15 is 0 Å². The molecule has 2 saturated heterocycles. The van der Waals surface area contributed by atoms with Crippen LogP contribution in [0.25, 0.3) is 0 Å². The van der Waals surface area contributed by atoms with Crippen LogP contribution in [0.5, 0.6) is 5.75 Å². The maximum Gasteiger partial charge on any atom is 0.253 e. The minimum Gasteiger partial charge on any atom is -0.493 e. The molecule has 0 saturated carbocycles. The number of carbonyl (C=O) groups is 2. The van der Waals surface area contributed by atoms with Crippen LogP contribution in [0.1, 0.15) is 47.2 Å². The third-order valence-corrected chi connectivity index (χ3v) is 6.31. The van der Waals surface area contributed by atoms with E-state index in [1.54, 1.807) is 0 Å². The van der Waals surface area contributed by atoms with Gasteiger partial charge < -0.3 is 14.5 Å². The van der Waals surface area contributed by atoms with Gasteiger partial charge in [0.2, 0.25) is 5.91 Å². The molecule has 0 N–H and O–H groups in total. The molecular formula is C26H32N2O3. The van der Waals surface area contributed by atoms with Gasteiger partial charge in [-0.2, -0.15) is 0 Å². The summed E-state index contributed by atoms with van der Waals surface area (Å²) in [6, 6.07) is 15.7. The number of carbonyl (C=O) groups excluding carboxylic acids is 2. The van der Waals surface area contributed by atoms with Crippen molar-refractivity contribution >= 4 is 11.8 Å². The summed E-state index contributed by atoms with van der Waals surface area (Å²) in [6.07, 6.45) is 4.68. The van der Waals surface area contributed by atoms with Crippen molar-refractivity contribution in [3.8, 4) is 5.75 Å². The normalized spacial score (nSPS) is 18.8. The molecule has 164 valence electrons. The lowest BCUT2D eigenvalue weighted by Gasteiger charge is -2.32. The average molecular weight is 421 g/mol. The number of benzene rings is 2. The second-order valence-electron chi connectivity index (χ2n) is 8.85. The highest BCUT2D eigenvalue weighted by molar-refractivity contribution is 5.94. The minimum atomic E-state index is 0.0912. The van der Waals surface area contributed by atoms with Crippen LogP contribution in [0, 0.1) is 12.8 Å². The van der Waals surface area contributed by atoms with Crippen molar-refractivity contribution in [1.29, 1.82) is 0 Å². The minimum absolute atomic E-state index is 0.0912. The van der Waals surface area contributed by atoms with Crippen molar-refractivity contribution in [2.24, 2.45) is 5.92 Å². The van der Waals surface area contributed by atoms with Crippen molar-refractivity contribution in [2.75, 3.05) is 32.8 Å². The van der Waals surface area contributed by atoms with Crippen molar-refractivity contribution in [2.45, 2.75) is 39.0 Å². The molecule has 1 unspecified atom stereocenters. The number of amides is 2. The summed E-state index contributed by atoms with van der Waals surface area (Å²) in [5, 5.41) is 0. The monoisotopic (exact) mass is 420 g/mol. The predicted octanol–water partition coefficient (Wildman–Crippen LogP) is 4.09. The maximum absolute atomic E-state index is 12.8. The predicted molar refractivity (Wildman–Crippen MR) is 121 cm³/mol. The molecule has 1 atom stereocenters. The van der Waals surface area contributed by atoms with Crippen molar-refractivity contribution in [3.63, 3.8) is 0 Å². The average Bonchev–Trinajstić information content (AvgIpc) is 3.34. The van der Waals surface area contributed by atoms with Crippen molar-refractivity contribution in [3.05, 3.63) is 65.2 Å². The smallest absolute Gasteiger partial charge is 0.253 e. The van der Waals surface area contributed by atoms with Gasteiger partial charge in [-0.3, -0.25) is 9.59 Å². The van der Waals surface area contributed by atoms with Gasteiger partial charge in [0.1, 0.15) is 5.75 Å². The topological polar surface area (TPSA) is 49.9 Å². The summed E-state index contributed by atoms with van der Waals surface area (Å²) >= 11 is 0. The summed E-state index contributed by atoms with van der Waals surface area (Å²) in [7, 11) is 0. The highest BCUT2D eigenvalue weighted by Gasteiger charge is 2.24. The van der Waals surface area contributed by atoms with Gasteiger partial charge in [-0.25, -0.2) is 0 Å². The molecule has 5 heteroatoms. The summed E-state index contributed by atoms with van der Waals surface area (Å²) < 4.78 is 6.05. The van der Waals surface area contributed by atoms with Gasteiger partial charge in [0, 0.05) is 37.7 Å². The SMILES string of the molecule is Cc1ccc(CC(=O)N2CCCC(COc3cccc(C(=O)N4CCCC4)c3)C2)cc1. The maximum atomic E-state index is 12.8. The standard InChI is InChI=1S/C26H32N2O3/c1-20-9-11-21(12-10-20)16-25(29)28-15-5-6-22(18-28)19-31-24-8-4-7-23(17-24)26(30)27-13-2-3-14-27/h4,7-12,17,22H,2-3,5-6,13-16,18-19H2,1H3. The first-order chi connectivity index (χ1) is 15.1. The number of piperidine rings is 1. The Labute approximate surface area is 185 Å². The highest BCUT2D eigenvalue weighted by Crippen LogP contribution is 2.22. The van der Waals surface area contributed by atoms with Crippen LogP contribution in [-0.4, -0.2) is 54.4 Å². The third-order valence-electron chi connectivity index (χ3n) is 6.31. The highest BCUT2D eigenvalue weighted by atomic mass is 16.5. The summed E-state index contributed by atoms with van der Waals surface area (Å²) in [6.45, 7) is 5.86. The Balaban J connectivity index is 1.29. The van der Waals surface area contributed by atoms with Crippen LogP contribution in [0.2, 0.25) is 0 Å². The molecule has 2 aromatic carbocycles. The summed E-state index contributed by atoms with van der Waals surface area (Å²) in [5.41, 5.74) is 2.96. The lowest BCUT2D eigenvalue weighted by Crippen LogP contribution is -2.42. The molecule has 2 aromatic rings. The number of hydrogen-bond acceptors (Lipinski definition) is 3. The van der Waals surface area contributed by atoms with Crippen LogP contribution in [0.4, 0.5) is 0 Å². The van der Waals surface area contributed by atoms with Gasteiger partial charge in [-0.05, 0) is 56.4 Å². The van der Waals surface area contributed by atoms with Crippen molar-refractivity contribution in [1.82, 2.24) is 9.80 Å².